The lowest BCUT2D eigenvalue weighted by Gasteiger charge is -2.09. The van der Waals surface area contributed by atoms with Gasteiger partial charge in [-0.1, -0.05) is 17.7 Å². The zero-order chi connectivity index (χ0) is 20.5. The summed E-state index contributed by atoms with van der Waals surface area (Å²) in [7, 11) is 1.67. The Kier molecular flexibility index (Phi) is 8.26. The highest BCUT2D eigenvalue weighted by molar-refractivity contribution is 5.99. The molecule has 1 aromatic heterocycles. The fraction of sp³-hybridized carbons (Fsp3) is 0.455. The topological polar surface area (TPSA) is 66.8 Å². The van der Waals surface area contributed by atoms with Crippen LogP contribution in [0.25, 0.3) is 0 Å². The Bertz CT molecular complexity index is 792. The molecular formula is C22H29NO5. The molecular weight excluding hydrogens is 358 g/mol. The second-order valence-electron chi connectivity index (χ2n) is 6.78. The molecule has 0 saturated carbocycles. The maximum atomic E-state index is 12.4. The van der Waals surface area contributed by atoms with Crippen LogP contribution in [0.15, 0.2) is 30.3 Å². The average molecular weight is 387 g/mol. The summed E-state index contributed by atoms with van der Waals surface area (Å²) >= 11 is 0. The molecule has 2 aromatic rings. The van der Waals surface area contributed by atoms with Crippen LogP contribution in [0.5, 0.6) is 5.75 Å². The first-order chi connectivity index (χ1) is 13.4. The van der Waals surface area contributed by atoms with Crippen molar-refractivity contribution in [2.45, 2.75) is 40.2 Å². The number of aromatic nitrogens is 1. The molecule has 0 radical (unpaired) electrons. The number of carbonyl (C=O) groups excluding carboxylic acids is 2. The molecule has 0 aliphatic heterocycles. The third kappa shape index (κ3) is 6.23. The molecule has 0 spiro atoms. The Labute approximate surface area is 166 Å². The van der Waals surface area contributed by atoms with Crippen LogP contribution in [0.2, 0.25) is 0 Å². The van der Waals surface area contributed by atoms with Gasteiger partial charge < -0.3 is 18.8 Å². The standard InChI is InChI=1S/C22H29NO5/c1-16-6-8-19(9-7-16)27-13-10-22(25)28-15-21(24)20-14-17(2)23(18(20)3)11-5-12-26-4/h6-9,14H,5,10-13,15H2,1-4H3. The van der Waals surface area contributed by atoms with Crippen LogP contribution in [0.3, 0.4) is 0 Å². The van der Waals surface area contributed by atoms with Crippen molar-refractivity contribution < 1.29 is 23.8 Å². The number of benzene rings is 1. The molecule has 0 saturated heterocycles. The normalized spacial score (nSPS) is 10.7. The van der Waals surface area contributed by atoms with E-state index in [0.717, 1.165) is 29.9 Å². The molecule has 0 amide bonds. The number of hydrogen-bond donors (Lipinski definition) is 0. The van der Waals surface area contributed by atoms with Crippen LogP contribution in [-0.4, -0.2) is 43.3 Å². The van der Waals surface area contributed by atoms with Crippen molar-refractivity contribution >= 4 is 11.8 Å². The van der Waals surface area contributed by atoms with Crippen molar-refractivity contribution in [3.8, 4) is 5.75 Å². The Morgan fingerprint density at radius 2 is 1.75 bits per heavy atom. The monoisotopic (exact) mass is 387 g/mol. The third-order valence-corrected chi connectivity index (χ3v) is 4.56. The molecule has 1 aromatic carbocycles. The summed E-state index contributed by atoms with van der Waals surface area (Å²) in [6, 6.07) is 9.44. The number of Topliss-reactive ketones (excluding diaryl/α,β-unsaturated/α-hetero) is 1. The minimum absolute atomic E-state index is 0.0944. The van der Waals surface area contributed by atoms with Crippen molar-refractivity contribution in [1.82, 2.24) is 4.57 Å². The largest absolute Gasteiger partial charge is 0.493 e. The highest BCUT2D eigenvalue weighted by Gasteiger charge is 2.17. The van der Waals surface area contributed by atoms with Gasteiger partial charge in [0.2, 0.25) is 5.78 Å². The van der Waals surface area contributed by atoms with E-state index in [9.17, 15) is 9.59 Å². The Hall–Kier alpha value is -2.60. The molecule has 0 N–H and O–H groups in total. The quantitative estimate of drug-likeness (QED) is 0.334. The molecule has 6 nitrogen and oxygen atoms in total. The van der Waals surface area contributed by atoms with Crippen LogP contribution in [0.4, 0.5) is 0 Å². The number of rotatable bonds is 11. The highest BCUT2D eigenvalue weighted by Crippen LogP contribution is 2.17. The lowest BCUT2D eigenvalue weighted by molar-refractivity contribution is -0.143. The molecule has 152 valence electrons. The van der Waals surface area contributed by atoms with E-state index in [4.69, 9.17) is 14.2 Å². The number of carbonyl (C=O) groups is 2. The summed E-state index contributed by atoms with van der Waals surface area (Å²) in [5, 5.41) is 0. The van der Waals surface area contributed by atoms with Crippen molar-refractivity contribution in [1.29, 1.82) is 0 Å². The van der Waals surface area contributed by atoms with E-state index in [-0.39, 0.29) is 25.4 Å². The molecule has 0 bridgehead atoms. The van der Waals surface area contributed by atoms with Crippen LogP contribution >= 0.6 is 0 Å². The fourth-order valence-electron chi connectivity index (χ4n) is 2.98. The smallest absolute Gasteiger partial charge is 0.309 e. The Balaban J connectivity index is 1.78. The summed E-state index contributed by atoms with van der Waals surface area (Å²) in [5.74, 6) is 0.0589. The van der Waals surface area contributed by atoms with E-state index >= 15 is 0 Å². The minimum Gasteiger partial charge on any atom is -0.493 e. The molecule has 1 heterocycles. The van der Waals surface area contributed by atoms with Gasteiger partial charge >= 0.3 is 5.97 Å². The number of ether oxygens (including phenoxy) is 3. The van der Waals surface area contributed by atoms with Crippen LogP contribution < -0.4 is 4.74 Å². The molecule has 0 aliphatic carbocycles. The van der Waals surface area contributed by atoms with E-state index in [1.165, 1.54) is 0 Å². The Morgan fingerprint density at radius 1 is 1.04 bits per heavy atom. The van der Waals surface area contributed by atoms with Crippen molar-refractivity contribution in [3.63, 3.8) is 0 Å². The Morgan fingerprint density at radius 3 is 2.43 bits per heavy atom. The number of nitrogens with zero attached hydrogens (tertiary/aromatic N) is 1. The van der Waals surface area contributed by atoms with E-state index in [1.807, 2.05) is 51.1 Å². The van der Waals surface area contributed by atoms with Crippen LogP contribution in [0.1, 0.15) is 40.2 Å². The first-order valence-corrected chi connectivity index (χ1v) is 9.46. The molecule has 0 fully saturated rings. The fourth-order valence-corrected chi connectivity index (χ4v) is 2.98. The number of aryl methyl sites for hydroxylation is 2. The van der Waals surface area contributed by atoms with Gasteiger partial charge in [-0.05, 0) is 45.4 Å². The summed E-state index contributed by atoms with van der Waals surface area (Å²) in [4.78, 5) is 24.3. The maximum Gasteiger partial charge on any atom is 0.309 e. The second kappa shape index (κ2) is 10.7. The van der Waals surface area contributed by atoms with Gasteiger partial charge in [-0.15, -0.1) is 0 Å². The molecule has 28 heavy (non-hydrogen) atoms. The summed E-state index contributed by atoms with van der Waals surface area (Å²) in [6.07, 6.45) is 0.966. The summed E-state index contributed by atoms with van der Waals surface area (Å²) < 4.78 is 17.8. The molecule has 2 rings (SSSR count). The lowest BCUT2D eigenvalue weighted by Crippen LogP contribution is -2.16. The van der Waals surface area contributed by atoms with E-state index in [0.29, 0.717) is 17.9 Å². The van der Waals surface area contributed by atoms with Gasteiger partial charge in [-0.2, -0.15) is 0 Å². The predicted octanol–water partition coefficient (Wildman–Crippen LogP) is 3.64. The van der Waals surface area contributed by atoms with Crippen LogP contribution in [0, 0.1) is 20.8 Å². The molecule has 6 heteroatoms. The van der Waals surface area contributed by atoms with Gasteiger partial charge in [0.25, 0.3) is 0 Å². The average Bonchev–Trinajstić information content (AvgIpc) is 2.96. The van der Waals surface area contributed by atoms with Gasteiger partial charge in [0.15, 0.2) is 6.61 Å². The zero-order valence-corrected chi connectivity index (χ0v) is 17.1. The van der Waals surface area contributed by atoms with Crippen LogP contribution in [-0.2, 0) is 20.8 Å². The van der Waals surface area contributed by atoms with Gasteiger partial charge in [0, 0.05) is 37.2 Å². The molecule has 0 unspecified atom stereocenters. The third-order valence-electron chi connectivity index (χ3n) is 4.56. The second-order valence-corrected chi connectivity index (χ2v) is 6.78. The number of hydrogen-bond acceptors (Lipinski definition) is 5. The van der Waals surface area contributed by atoms with E-state index < -0.39 is 5.97 Å². The molecule has 0 aliphatic rings. The minimum atomic E-state index is -0.450. The summed E-state index contributed by atoms with van der Waals surface area (Å²) in [5.41, 5.74) is 3.63. The predicted molar refractivity (Wildman–Crippen MR) is 107 cm³/mol. The van der Waals surface area contributed by atoms with Crippen molar-refractivity contribution in [2.75, 3.05) is 26.9 Å². The number of methoxy groups -OCH3 is 1. The van der Waals surface area contributed by atoms with Gasteiger partial charge in [0.1, 0.15) is 5.75 Å². The lowest BCUT2D eigenvalue weighted by atomic mass is 10.1. The number of ketones is 1. The first-order valence-electron chi connectivity index (χ1n) is 9.46. The first kappa shape index (κ1) is 21.7. The van der Waals surface area contributed by atoms with Crippen molar-refractivity contribution in [3.05, 3.63) is 52.8 Å². The van der Waals surface area contributed by atoms with Gasteiger partial charge in [-0.25, -0.2) is 0 Å². The van der Waals surface area contributed by atoms with Gasteiger partial charge in [-0.3, -0.25) is 9.59 Å². The SMILES string of the molecule is COCCCn1c(C)cc(C(=O)COC(=O)CCOc2ccc(C)cc2)c1C. The number of esters is 1. The maximum absolute atomic E-state index is 12.4. The van der Waals surface area contributed by atoms with E-state index in [1.54, 1.807) is 7.11 Å². The van der Waals surface area contributed by atoms with Gasteiger partial charge in [0.05, 0.1) is 13.0 Å². The van der Waals surface area contributed by atoms with E-state index in [2.05, 4.69) is 4.57 Å². The highest BCUT2D eigenvalue weighted by atomic mass is 16.5. The van der Waals surface area contributed by atoms with Crippen molar-refractivity contribution in [2.24, 2.45) is 0 Å². The zero-order valence-electron chi connectivity index (χ0n) is 17.1. The molecule has 0 atom stereocenters. The summed E-state index contributed by atoms with van der Waals surface area (Å²) in [6.45, 7) is 7.28.